The number of amides is 2. The van der Waals surface area contributed by atoms with Crippen LogP contribution in [-0.4, -0.2) is 69.2 Å². The van der Waals surface area contributed by atoms with Crippen LogP contribution >= 0.6 is 0 Å². The molecule has 1 fully saturated rings. The molecule has 178 valence electrons. The van der Waals surface area contributed by atoms with Crippen LogP contribution in [0.4, 0.5) is 0 Å². The standard InChI is InChI=1S/C25H29N5O4/c1-28-13-20(12-27-28)14-29-15-22(34-18-19-7-9-26-10-8-19)16-30(17-25(29)32)24(31)11-21-5-3-4-6-23(21)33-2/h3-10,12-13,22H,11,14-18H2,1-2H3. The molecular weight excluding hydrogens is 434 g/mol. The van der Waals surface area contributed by atoms with E-state index in [2.05, 4.69) is 10.1 Å². The minimum atomic E-state index is -0.335. The van der Waals surface area contributed by atoms with Gasteiger partial charge in [0.05, 0.1) is 39.0 Å². The summed E-state index contributed by atoms with van der Waals surface area (Å²) in [4.78, 5) is 33.8. The van der Waals surface area contributed by atoms with Crippen molar-refractivity contribution in [1.82, 2.24) is 24.6 Å². The van der Waals surface area contributed by atoms with Gasteiger partial charge in [-0.15, -0.1) is 0 Å². The van der Waals surface area contributed by atoms with Crippen molar-refractivity contribution in [1.29, 1.82) is 0 Å². The average Bonchev–Trinajstić information content (AvgIpc) is 3.19. The highest BCUT2D eigenvalue weighted by atomic mass is 16.5. The monoisotopic (exact) mass is 463 g/mol. The first-order chi connectivity index (χ1) is 16.5. The number of rotatable bonds is 8. The third-order valence-electron chi connectivity index (χ3n) is 5.78. The van der Waals surface area contributed by atoms with E-state index in [1.165, 1.54) is 0 Å². The maximum Gasteiger partial charge on any atom is 0.242 e. The predicted octanol–water partition coefficient (Wildman–Crippen LogP) is 1.82. The lowest BCUT2D eigenvalue weighted by molar-refractivity contribution is -0.138. The average molecular weight is 464 g/mol. The Hall–Kier alpha value is -3.72. The van der Waals surface area contributed by atoms with E-state index in [9.17, 15) is 9.59 Å². The normalized spacial score (nSPS) is 16.4. The fraction of sp³-hybridized carbons (Fsp3) is 0.360. The third-order valence-corrected chi connectivity index (χ3v) is 5.78. The number of methoxy groups -OCH3 is 1. The summed E-state index contributed by atoms with van der Waals surface area (Å²) in [6.07, 6.45) is 6.88. The fourth-order valence-electron chi connectivity index (χ4n) is 4.02. The fourth-order valence-corrected chi connectivity index (χ4v) is 4.02. The summed E-state index contributed by atoms with van der Waals surface area (Å²) in [5, 5.41) is 4.20. The summed E-state index contributed by atoms with van der Waals surface area (Å²) in [6, 6.07) is 11.2. The maximum absolute atomic E-state index is 13.2. The smallest absolute Gasteiger partial charge is 0.242 e. The van der Waals surface area contributed by atoms with Crippen LogP contribution in [0, 0.1) is 0 Å². The van der Waals surface area contributed by atoms with Gasteiger partial charge >= 0.3 is 0 Å². The lowest BCUT2D eigenvalue weighted by Crippen LogP contribution is -2.40. The first-order valence-electron chi connectivity index (χ1n) is 11.2. The zero-order chi connectivity index (χ0) is 23.9. The van der Waals surface area contributed by atoms with E-state index in [0.717, 1.165) is 16.7 Å². The second kappa shape index (κ2) is 10.9. The molecule has 1 unspecified atom stereocenters. The molecule has 0 aliphatic carbocycles. The maximum atomic E-state index is 13.2. The van der Waals surface area contributed by atoms with E-state index in [1.807, 2.05) is 49.6 Å². The highest BCUT2D eigenvalue weighted by Crippen LogP contribution is 2.20. The van der Waals surface area contributed by atoms with Crippen LogP contribution < -0.4 is 4.74 Å². The Kier molecular flexibility index (Phi) is 7.54. The highest BCUT2D eigenvalue weighted by molar-refractivity contribution is 5.86. The van der Waals surface area contributed by atoms with Crippen LogP contribution in [-0.2, 0) is 40.9 Å². The molecule has 3 aromatic rings. The largest absolute Gasteiger partial charge is 0.496 e. The van der Waals surface area contributed by atoms with Crippen LogP contribution in [0.25, 0.3) is 0 Å². The van der Waals surface area contributed by atoms with Crippen LogP contribution in [0.1, 0.15) is 16.7 Å². The molecule has 1 saturated heterocycles. The number of aromatic nitrogens is 3. The summed E-state index contributed by atoms with van der Waals surface area (Å²) >= 11 is 0. The topological polar surface area (TPSA) is 89.8 Å². The highest BCUT2D eigenvalue weighted by Gasteiger charge is 2.31. The summed E-state index contributed by atoms with van der Waals surface area (Å²) in [6.45, 7) is 1.50. The molecule has 2 amide bonds. The molecule has 2 aromatic heterocycles. The SMILES string of the molecule is COc1ccccc1CC(=O)N1CC(=O)N(Cc2cnn(C)c2)CC(OCc2ccncc2)C1. The Morgan fingerprint density at radius 2 is 1.91 bits per heavy atom. The number of carbonyl (C=O) groups is 2. The third kappa shape index (κ3) is 5.99. The number of ether oxygens (including phenoxy) is 2. The minimum absolute atomic E-state index is 0.00333. The van der Waals surface area contributed by atoms with Crippen molar-refractivity contribution in [2.24, 2.45) is 7.05 Å². The molecule has 0 spiro atoms. The Balaban J connectivity index is 1.50. The Morgan fingerprint density at radius 3 is 2.65 bits per heavy atom. The molecular formula is C25H29N5O4. The van der Waals surface area contributed by atoms with Crippen molar-refractivity contribution < 1.29 is 19.1 Å². The molecule has 0 saturated carbocycles. The van der Waals surface area contributed by atoms with E-state index in [-0.39, 0.29) is 30.9 Å². The van der Waals surface area contributed by atoms with Crippen molar-refractivity contribution >= 4 is 11.8 Å². The lowest BCUT2D eigenvalue weighted by Gasteiger charge is -2.25. The molecule has 1 aromatic carbocycles. The van der Waals surface area contributed by atoms with Crippen LogP contribution in [0.15, 0.2) is 61.2 Å². The van der Waals surface area contributed by atoms with E-state index >= 15 is 0 Å². The number of para-hydroxylation sites is 1. The molecule has 0 radical (unpaired) electrons. The van der Waals surface area contributed by atoms with Gasteiger partial charge in [-0.05, 0) is 23.8 Å². The quantitative estimate of drug-likeness (QED) is 0.506. The molecule has 1 aliphatic heterocycles. The van der Waals surface area contributed by atoms with Crippen molar-refractivity contribution in [3.63, 3.8) is 0 Å². The van der Waals surface area contributed by atoms with Crippen molar-refractivity contribution in [3.05, 3.63) is 77.9 Å². The number of pyridine rings is 1. The van der Waals surface area contributed by atoms with E-state index in [0.29, 0.717) is 32.0 Å². The van der Waals surface area contributed by atoms with E-state index < -0.39 is 0 Å². The number of carbonyl (C=O) groups excluding carboxylic acids is 2. The Morgan fingerprint density at radius 1 is 1.12 bits per heavy atom. The molecule has 1 atom stereocenters. The molecule has 34 heavy (non-hydrogen) atoms. The second-order valence-corrected chi connectivity index (χ2v) is 8.35. The van der Waals surface area contributed by atoms with Gasteiger partial charge < -0.3 is 19.3 Å². The van der Waals surface area contributed by atoms with Crippen molar-refractivity contribution in [2.75, 3.05) is 26.7 Å². The van der Waals surface area contributed by atoms with Gasteiger partial charge in [0.2, 0.25) is 11.8 Å². The number of benzene rings is 1. The minimum Gasteiger partial charge on any atom is -0.496 e. The molecule has 0 bridgehead atoms. The number of hydrogen-bond acceptors (Lipinski definition) is 6. The van der Waals surface area contributed by atoms with Gasteiger partial charge in [0.25, 0.3) is 0 Å². The Bertz CT molecular complexity index is 1120. The van der Waals surface area contributed by atoms with Crippen LogP contribution in [0.2, 0.25) is 0 Å². The van der Waals surface area contributed by atoms with Gasteiger partial charge in [0, 0.05) is 56.4 Å². The molecule has 9 heteroatoms. The summed E-state index contributed by atoms with van der Waals surface area (Å²) in [7, 11) is 3.42. The summed E-state index contributed by atoms with van der Waals surface area (Å²) in [5.41, 5.74) is 2.70. The number of aryl methyl sites for hydroxylation is 1. The molecule has 9 nitrogen and oxygen atoms in total. The lowest BCUT2D eigenvalue weighted by atomic mass is 10.1. The van der Waals surface area contributed by atoms with Gasteiger partial charge in [0.1, 0.15) is 5.75 Å². The summed E-state index contributed by atoms with van der Waals surface area (Å²) in [5.74, 6) is 0.395. The van der Waals surface area contributed by atoms with E-state index in [1.54, 1.807) is 40.2 Å². The Labute approximate surface area is 198 Å². The van der Waals surface area contributed by atoms with E-state index in [4.69, 9.17) is 9.47 Å². The number of hydrogen-bond donors (Lipinski definition) is 0. The molecule has 1 aliphatic rings. The van der Waals surface area contributed by atoms with Crippen molar-refractivity contribution in [3.8, 4) is 5.75 Å². The summed E-state index contributed by atoms with van der Waals surface area (Å²) < 4.78 is 13.3. The second-order valence-electron chi connectivity index (χ2n) is 8.35. The van der Waals surface area contributed by atoms with Gasteiger partial charge in [-0.3, -0.25) is 19.3 Å². The van der Waals surface area contributed by atoms with Gasteiger partial charge in [-0.2, -0.15) is 5.10 Å². The predicted molar refractivity (Wildman–Crippen MR) is 125 cm³/mol. The first-order valence-corrected chi connectivity index (χ1v) is 11.2. The molecule has 0 N–H and O–H groups in total. The number of nitrogens with zero attached hydrogens (tertiary/aromatic N) is 5. The van der Waals surface area contributed by atoms with Gasteiger partial charge in [-0.1, -0.05) is 18.2 Å². The van der Waals surface area contributed by atoms with Gasteiger partial charge in [-0.25, -0.2) is 0 Å². The van der Waals surface area contributed by atoms with Crippen LogP contribution in [0.5, 0.6) is 5.75 Å². The first kappa shape index (κ1) is 23.4. The van der Waals surface area contributed by atoms with Gasteiger partial charge in [0.15, 0.2) is 0 Å². The zero-order valence-electron chi connectivity index (χ0n) is 19.5. The molecule has 4 rings (SSSR count). The zero-order valence-corrected chi connectivity index (χ0v) is 19.5. The van der Waals surface area contributed by atoms with Crippen LogP contribution in [0.3, 0.4) is 0 Å². The molecule has 3 heterocycles. The van der Waals surface area contributed by atoms with Crippen molar-refractivity contribution in [2.45, 2.75) is 25.7 Å².